The summed E-state index contributed by atoms with van der Waals surface area (Å²) in [6.07, 6.45) is 5.15. The van der Waals surface area contributed by atoms with Gasteiger partial charge in [0.2, 0.25) is 0 Å². The Morgan fingerprint density at radius 2 is 1.82 bits per heavy atom. The fraction of sp³-hybridized carbons (Fsp3) is 0.600. The molecule has 0 bridgehead atoms. The van der Waals surface area contributed by atoms with E-state index in [0.29, 0.717) is 6.04 Å². The molecular formula is C15H23NO. The van der Waals surface area contributed by atoms with Crippen LogP contribution in [0.4, 0.5) is 0 Å². The highest BCUT2D eigenvalue weighted by Gasteiger charge is 2.21. The van der Waals surface area contributed by atoms with Gasteiger partial charge in [-0.3, -0.25) is 0 Å². The van der Waals surface area contributed by atoms with E-state index in [1.807, 2.05) is 0 Å². The molecule has 0 spiro atoms. The van der Waals surface area contributed by atoms with Crippen LogP contribution in [0.25, 0.3) is 0 Å². The number of benzene rings is 1. The molecule has 0 aromatic heterocycles. The monoisotopic (exact) mass is 233 g/mol. The zero-order valence-corrected chi connectivity index (χ0v) is 10.9. The van der Waals surface area contributed by atoms with E-state index in [2.05, 4.69) is 37.4 Å². The SMILES string of the molecule is Cc1cccc(C)c1C(CO)NC1CCCC1. The average Bonchev–Trinajstić information content (AvgIpc) is 2.80. The fourth-order valence-electron chi connectivity index (χ4n) is 2.98. The van der Waals surface area contributed by atoms with Gasteiger partial charge in [0, 0.05) is 6.04 Å². The van der Waals surface area contributed by atoms with Crippen LogP contribution in [0.1, 0.15) is 48.4 Å². The van der Waals surface area contributed by atoms with E-state index in [4.69, 9.17) is 0 Å². The maximum atomic E-state index is 9.63. The molecule has 17 heavy (non-hydrogen) atoms. The normalized spacial score (nSPS) is 18.5. The molecule has 2 rings (SSSR count). The number of aliphatic hydroxyl groups excluding tert-OH is 1. The second-order valence-electron chi connectivity index (χ2n) is 5.19. The third-order valence-corrected chi connectivity index (χ3v) is 3.87. The highest BCUT2D eigenvalue weighted by molar-refractivity contribution is 5.36. The van der Waals surface area contributed by atoms with Crippen molar-refractivity contribution in [2.75, 3.05) is 6.61 Å². The van der Waals surface area contributed by atoms with Gasteiger partial charge in [-0.2, -0.15) is 0 Å². The number of rotatable bonds is 4. The molecule has 1 aromatic rings. The van der Waals surface area contributed by atoms with Crippen LogP contribution in [0.15, 0.2) is 18.2 Å². The number of hydrogen-bond donors (Lipinski definition) is 2. The molecule has 1 saturated carbocycles. The molecule has 1 aromatic carbocycles. The summed E-state index contributed by atoms with van der Waals surface area (Å²) in [5.74, 6) is 0. The zero-order valence-electron chi connectivity index (χ0n) is 10.9. The zero-order chi connectivity index (χ0) is 12.3. The largest absolute Gasteiger partial charge is 0.394 e. The first-order valence-electron chi connectivity index (χ1n) is 6.65. The molecule has 0 heterocycles. The molecule has 94 valence electrons. The molecule has 0 aliphatic heterocycles. The Morgan fingerprint density at radius 1 is 1.24 bits per heavy atom. The lowest BCUT2D eigenvalue weighted by molar-refractivity contribution is 0.232. The second-order valence-corrected chi connectivity index (χ2v) is 5.19. The van der Waals surface area contributed by atoms with Gasteiger partial charge in [-0.1, -0.05) is 31.0 Å². The first-order chi connectivity index (χ1) is 8.22. The van der Waals surface area contributed by atoms with Crippen molar-refractivity contribution < 1.29 is 5.11 Å². The molecule has 2 N–H and O–H groups in total. The third-order valence-electron chi connectivity index (χ3n) is 3.87. The molecular weight excluding hydrogens is 210 g/mol. The van der Waals surface area contributed by atoms with Crippen LogP contribution < -0.4 is 5.32 Å². The van der Waals surface area contributed by atoms with Crippen LogP contribution >= 0.6 is 0 Å². The molecule has 1 aliphatic carbocycles. The average molecular weight is 233 g/mol. The van der Waals surface area contributed by atoms with Crippen molar-refractivity contribution in [3.63, 3.8) is 0 Å². The lowest BCUT2D eigenvalue weighted by Gasteiger charge is -2.24. The minimum absolute atomic E-state index is 0.0966. The minimum atomic E-state index is 0.0966. The summed E-state index contributed by atoms with van der Waals surface area (Å²) in [5, 5.41) is 13.2. The van der Waals surface area contributed by atoms with Gasteiger partial charge in [0.05, 0.1) is 12.6 Å². The minimum Gasteiger partial charge on any atom is -0.394 e. The van der Waals surface area contributed by atoms with Crippen molar-refractivity contribution in [1.82, 2.24) is 5.32 Å². The van der Waals surface area contributed by atoms with Crippen molar-refractivity contribution in [3.8, 4) is 0 Å². The van der Waals surface area contributed by atoms with Crippen molar-refractivity contribution >= 4 is 0 Å². The van der Waals surface area contributed by atoms with Gasteiger partial charge in [-0.25, -0.2) is 0 Å². The summed E-state index contributed by atoms with van der Waals surface area (Å²) in [6, 6.07) is 7.02. The van der Waals surface area contributed by atoms with E-state index in [1.54, 1.807) is 0 Å². The third kappa shape index (κ3) is 2.88. The smallest absolute Gasteiger partial charge is 0.0626 e. The summed E-state index contributed by atoms with van der Waals surface area (Å²) >= 11 is 0. The predicted molar refractivity (Wildman–Crippen MR) is 71.1 cm³/mol. The highest BCUT2D eigenvalue weighted by Crippen LogP contribution is 2.25. The van der Waals surface area contributed by atoms with Gasteiger partial charge in [0.15, 0.2) is 0 Å². The van der Waals surface area contributed by atoms with Crippen LogP contribution in [-0.2, 0) is 0 Å². The Balaban J connectivity index is 2.16. The van der Waals surface area contributed by atoms with E-state index in [0.717, 1.165) is 0 Å². The molecule has 1 atom stereocenters. The molecule has 1 aliphatic rings. The first-order valence-corrected chi connectivity index (χ1v) is 6.65. The summed E-state index contributed by atoms with van der Waals surface area (Å²) in [7, 11) is 0. The van der Waals surface area contributed by atoms with Gasteiger partial charge in [0.25, 0.3) is 0 Å². The maximum absolute atomic E-state index is 9.63. The molecule has 0 saturated heterocycles. The van der Waals surface area contributed by atoms with Gasteiger partial charge < -0.3 is 10.4 Å². The summed E-state index contributed by atoms with van der Waals surface area (Å²) in [6.45, 7) is 4.44. The Labute approximate surface area is 104 Å². The van der Waals surface area contributed by atoms with E-state index < -0.39 is 0 Å². The van der Waals surface area contributed by atoms with Crippen LogP contribution in [0.5, 0.6) is 0 Å². The molecule has 0 amide bonds. The maximum Gasteiger partial charge on any atom is 0.0626 e. The van der Waals surface area contributed by atoms with E-state index in [-0.39, 0.29) is 12.6 Å². The predicted octanol–water partition coefficient (Wildman–Crippen LogP) is 2.87. The Morgan fingerprint density at radius 3 is 2.35 bits per heavy atom. The summed E-state index contributed by atoms with van der Waals surface area (Å²) < 4.78 is 0. The fourth-order valence-corrected chi connectivity index (χ4v) is 2.98. The number of nitrogens with one attached hydrogen (secondary N) is 1. The van der Waals surface area contributed by atoms with Crippen LogP contribution in [-0.4, -0.2) is 17.8 Å². The topological polar surface area (TPSA) is 32.3 Å². The standard InChI is InChI=1S/C15H23NO/c1-11-6-5-7-12(2)15(11)14(10-17)16-13-8-3-4-9-13/h5-7,13-14,16-17H,3-4,8-10H2,1-2H3. The Kier molecular flexibility index (Phi) is 4.19. The quantitative estimate of drug-likeness (QED) is 0.838. The van der Waals surface area contributed by atoms with E-state index >= 15 is 0 Å². The Hall–Kier alpha value is -0.860. The van der Waals surface area contributed by atoms with Crippen LogP contribution in [0.2, 0.25) is 0 Å². The molecule has 2 heteroatoms. The van der Waals surface area contributed by atoms with Crippen LogP contribution in [0.3, 0.4) is 0 Å². The van der Waals surface area contributed by atoms with Gasteiger partial charge in [0.1, 0.15) is 0 Å². The lowest BCUT2D eigenvalue weighted by Crippen LogP contribution is -2.33. The van der Waals surface area contributed by atoms with Crippen molar-refractivity contribution in [2.45, 2.75) is 51.6 Å². The first kappa shape index (κ1) is 12.6. The number of hydrogen-bond acceptors (Lipinski definition) is 2. The lowest BCUT2D eigenvalue weighted by atomic mass is 9.96. The molecule has 1 fully saturated rings. The van der Waals surface area contributed by atoms with Gasteiger partial charge in [-0.15, -0.1) is 0 Å². The molecule has 1 unspecified atom stereocenters. The molecule has 0 radical (unpaired) electrons. The number of aliphatic hydroxyl groups is 1. The van der Waals surface area contributed by atoms with Gasteiger partial charge in [-0.05, 0) is 43.4 Å². The summed E-state index contributed by atoms with van der Waals surface area (Å²) in [5.41, 5.74) is 3.82. The highest BCUT2D eigenvalue weighted by atomic mass is 16.3. The van der Waals surface area contributed by atoms with Crippen LogP contribution in [0, 0.1) is 13.8 Å². The van der Waals surface area contributed by atoms with Crippen molar-refractivity contribution in [1.29, 1.82) is 0 Å². The Bertz CT molecular complexity index is 349. The molecule has 2 nitrogen and oxygen atoms in total. The van der Waals surface area contributed by atoms with E-state index in [9.17, 15) is 5.11 Å². The second kappa shape index (κ2) is 5.65. The number of aryl methyl sites for hydroxylation is 2. The van der Waals surface area contributed by atoms with E-state index in [1.165, 1.54) is 42.4 Å². The summed E-state index contributed by atoms with van der Waals surface area (Å²) in [4.78, 5) is 0. The van der Waals surface area contributed by atoms with Crippen molar-refractivity contribution in [2.24, 2.45) is 0 Å². The van der Waals surface area contributed by atoms with Gasteiger partial charge >= 0.3 is 0 Å². The van der Waals surface area contributed by atoms with Crippen molar-refractivity contribution in [3.05, 3.63) is 34.9 Å².